The molecule has 0 radical (unpaired) electrons. The van der Waals surface area contributed by atoms with Crippen LogP contribution >= 0.6 is 38.9 Å². The zero-order valence-electron chi connectivity index (χ0n) is 11.6. The Balaban J connectivity index is 2.18. The highest BCUT2D eigenvalue weighted by Crippen LogP contribution is 2.39. The summed E-state index contributed by atoms with van der Waals surface area (Å²) in [7, 11) is 0. The third-order valence-corrected chi connectivity index (χ3v) is 6.10. The van der Waals surface area contributed by atoms with Crippen LogP contribution in [-0.2, 0) is 6.42 Å². The predicted octanol–water partition coefficient (Wildman–Crippen LogP) is 5.93. The van der Waals surface area contributed by atoms with Crippen molar-refractivity contribution in [3.63, 3.8) is 0 Å². The Morgan fingerprint density at radius 2 is 1.95 bits per heavy atom. The smallest absolute Gasteiger partial charge is 0.0555 e. The van der Waals surface area contributed by atoms with Gasteiger partial charge in [0.1, 0.15) is 0 Å². The molecular weight excluding hydrogens is 366 g/mol. The van der Waals surface area contributed by atoms with E-state index in [0.29, 0.717) is 0 Å². The van der Waals surface area contributed by atoms with E-state index in [1.165, 1.54) is 26.1 Å². The van der Waals surface area contributed by atoms with Gasteiger partial charge in [0, 0.05) is 20.1 Å². The van der Waals surface area contributed by atoms with Crippen molar-refractivity contribution < 1.29 is 0 Å². The number of halogens is 2. The fraction of sp³-hybridized carbons (Fsp3) is 0.176. The molecule has 0 saturated carbocycles. The predicted molar refractivity (Wildman–Crippen MR) is 96.4 cm³/mol. The van der Waals surface area contributed by atoms with Crippen LogP contribution in [0.25, 0.3) is 10.1 Å². The summed E-state index contributed by atoms with van der Waals surface area (Å²) < 4.78 is 2.16. The minimum absolute atomic E-state index is 0.0265. The van der Waals surface area contributed by atoms with Crippen LogP contribution in [0.15, 0.2) is 46.9 Å². The second-order valence-electron chi connectivity index (χ2n) is 5.16. The average molecular weight is 381 g/mol. The molecule has 21 heavy (non-hydrogen) atoms. The molecule has 0 aliphatic carbocycles. The first kappa shape index (κ1) is 15.0. The van der Waals surface area contributed by atoms with Crippen LogP contribution in [0.1, 0.15) is 29.0 Å². The molecule has 0 aliphatic heterocycles. The summed E-state index contributed by atoms with van der Waals surface area (Å²) in [5, 5.41) is 1.95. The number of fused-ring (bicyclic) bond motifs is 1. The molecule has 1 unspecified atom stereocenters. The van der Waals surface area contributed by atoms with Crippen molar-refractivity contribution in [1.82, 2.24) is 0 Å². The summed E-state index contributed by atoms with van der Waals surface area (Å²) in [4.78, 5) is 1.24. The first-order valence-corrected chi connectivity index (χ1v) is 8.75. The normalized spacial score (nSPS) is 12.8. The molecule has 0 bridgehead atoms. The van der Waals surface area contributed by atoms with Crippen molar-refractivity contribution in [3.05, 3.63) is 68.0 Å². The fourth-order valence-corrected chi connectivity index (χ4v) is 4.37. The van der Waals surface area contributed by atoms with Gasteiger partial charge in [-0.2, -0.15) is 0 Å². The molecule has 4 heteroatoms. The minimum Gasteiger partial charge on any atom is -0.323 e. The van der Waals surface area contributed by atoms with Gasteiger partial charge in [-0.25, -0.2) is 0 Å². The van der Waals surface area contributed by atoms with Crippen LogP contribution in [0, 0.1) is 0 Å². The van der Waals surface area contributed by atoms with Gasteiger partial charge < -0.3 is 5.73 Å². The average Bonchev–Trinajstić information content (AvgIpc) is 2.79. The van der Waals surface area contributed by atoms with E-state index in [2.05, 4.69) is 46.3 Å². The molecule has 2 aromatic carbocycles. The van der Waals surface area contributed by atoms with Gasteiger partial charge in [0.2, 0.25) is 0 Å². The lowest BCUT2D eigenvalue weighted by Gasteiger charge is -2.08. The number of nitrogens with two attached hydrogens (primary N) is 1. The number of hydrogen-bond acceptors (Lipinski definition) is 2. The SMILES string of the molecule is CC(N)c1sc2cc(Br)c(Cl)cc2c1Cc1ccccc1. The topological polar surface area (TPSA) is 26.0 Å². The zero-order valence-corrected chi connectivity index (χ0v) is 14.7. The Kier molecular flexibility index (Phi) is 4.36. The van der Waals surface area contributed by atoms with Crippen LogP contribution in [0.4, 0.5) is 0 Å². The van der Waals surface area contributed by atoms with E-state index >= 15 is 0 Å². The molecule has 3 rings (SSSR count). The Bertz CT molecular complexity index is 780. The van der Waals surface area contributed by atoms with Gasteiger partial charge in [0.15, 0.2) is 0 Å². The van der Waals surface area contributed by atoms with Crippen molar-refractivity contribution in [2.45, 2.75) is 19.4 Å². The number of thiophene rings is 1. The number of hydrogen-bond donors (Lipinski definition) is 1. The van der Waals surface area contributed by atoms with Crippen molar-refractivity contribution in [2.75, 3.05) is 0 Å². The molecule has 1 aromatic heterocycles. The molecule has 1 nitrogen and oxygen atoms in total. The third-order valence-electron chi connectivity index (χ3n) is 3.50. The highest BCUT2D eigenvalue weighted by Gasteiger charge is 2.16. The number of rotatable bonds is 3. The van der Waals surface area contributed by atoms with Crippen molar-refractivity contribution in [1.29, 1.82) is 0 Å². The van der Waals surface area contributed by atoms with E-state index in [1.54, 1.807) is 11.3 Å². The van der Waals surface area contributed by atoms with Gasteiger partial charge in [0.25, 0.3) is 0 Å². The van der Waals surface area contributed by atoms with E-state index in [4.69, 9.17) is 17.3 Å². The molecule has 0 amide bonds. The molecule has 108 valence electrons. The van der Waals surface area contributed by atoms with Crippen molar-refractivity contribution >= 4 is 49.0 Å². The third kappa shape index (κ3) is 3.02. The van der Waals surface area contributed by atoms with Crippen LogP contribution in [-0.4, -0.2) is 0 Å². The largest absolute Gasteiger partial charge is 0.323 e. The monoisotopic (exact) mass is 379 g/mol. The molecule has 3 aromatic rings. The Hall–Kier alpha value is -0.870. The Labute approximate surface area is 141 Å². The molecule has 0 fully saturated rings. The maximum atomic E-state index is 6.28. The van der Waals surface area contributed by atoms with Gasteiger partial charge in [-0.05, 0) is 57.9 Å². The van der Waals surface area contributed by atoms with Gasteiger partial charge in [-0.15, -0.1) is 11.3 Å². The summed E-state index contributed by atoms with van der Waals surface area (Å²) in [6, 6.07) is 14.6. The lowest BCUT2D eigenvalue weighted by molar-refractivity contribution is 0.827. The quantitative estimate of drug-likeness (QED) is 0.599. The van der Waals surface area contributed by atoms with Gasteiger partial charge in [-0.1, -0.05) is 41.9 Å². The van der Waals surface area contributed by atoms with E-state index in [1.807, 2.05) is 19.1 Å². The summed E-state index contributed by atoms with van der Waals surface area (Å²) in [5.74, 6) is 0. The maximum absolute atomic E-state index is 6.28. The Morgan fingerprint density at radius 3 is 2.62 bits per heavy atom. The molecule has 0 spiro atoms. The summed E-state index contributed by atoms with van der Waals surface area (Å²) >= 11 is 11.5. The lowest BCUT2D eigenvalue weighted by atomic mass is 10.00. The van der Waals surface area contributed by atoms with E-state index in [9.17, 15) is 0 Å². The van der Waals surface area contributed by atoms with E-state index in [0.717, 1.165) is 15.9 Å². The second kappa shape index (κ2) is 6.09. The first-order chi connectivity index (χ1) is 10.1. The standard InChI is InChI=1S/C17H15BrClNS/c1-10(20)17-13(7-11-5-3-2-4-6-11)12-8-15(19)14(18)9-16(12)21-17/h2-6,8-10H,7,20H2,1H3. The first-order valence-electron chi connectivity index (χ1n) is 6.76. The summed E-state index contributed by atoms with van der Waals surface area (Å²) in [6.45, 7) is 2.04. The fourth-order valence-electron chi connectivity index (χ4n) is 2.51. The number of benzene rings is 2. The van der Waals surface area contributed by atoms with E-state index < -0.39 is 0 Å². The minimum atomic E-state index is 0.0265. The van der Waals surface area contributed by atoms with Crippen LogP contribution < -0.4 is 5.73 Å². The molecule has 1 heterocycles. The maximum Gasteiger partial charge on any atom is 0.0555 e. The van der Waals surface area contributed by atoms with Crippen molar-refractivity contribution in [3.8, 4) is 0 Å². The second-order valence-corrected chi connectivity index (χ2v) is 7.50. The molecule has 0 saturated heterocycles. The zero-order chi connectivity index (χ0) is 15.0. The highest BCUT2D eigenvalue weighted by atomic mass is 79.9. The Morgan fingerprint density at radius 1 is 1.24 bits per heavy atom. The van der Waals surface area contributed by atoms with Crippen LogP contribution in [0.2, 0.25) is 5.02 Å². The van der Waals surface area contributed by atoms with E-state index in [-0.39, 0.29) is 6.04 Å². The van der Waals surface area contributed by atoms with Gasteiger partial charge >= 0.3 is 0 Å². The van der Waals surface area contributed by atoms with Crippen molar-refractivity contribution in [2.24, 2.45) is 5.73 Å². The van der Waals surface area contributed by atoms with Crippen LogP contribution in [0.3, 0.4) is 0 Å². The van der Waals surface area contributed by atoms with Gasteiger partial charge in [-0.3, -0.25) is 0 Å². The van der Waals surface area contributed by atoms with Gasteiger partial charge in [0.05, 0.1) is 5.02 Å². The molecule has 0 aliphatic rings. The lowest BCUT2D eigenvalue weighted by Crippen LogP contribution is -2.05. The van der Waals surface area contributed by atoms with Crippen LogP contribution in [0.5, 0.6) is 0 Å². The summed E-state index contributed by atoms with van der Waals surface area (Å²) in [5.41, 5.74) is 8.76. The molecule has 1 atom stereocenters. The molecule has 2 N–H and O–H groups in total. The highest BCUT2D eigenvalue weighted by molar-refractivity contribution is 9.10. The summed E-state index contributed by atoms with van der Waals surface area (Å²) in [6.07, 6.45) is 0.885. The molecular formula is C17H15BrClNS.